The van der Waals surface area contributed by atoms with Gasteiger partial charge in [0.15, 0.2) is 0 Å². The van der Waals surface area contributed by atoms with E-state index in [1.807, 2.05) is 24.4 Å². The maximum atomic E-state index is 12.8. The first-order valence-corrected chi connectivity index (χ1v) is 8.05. The van der Waals surface area contributed by atoms with E-state index in [1.165, 1.54) is 11.3 Å². The van der Waals surface area contributed by atoms with Crippen LogP contribution in [0.15, 0.2) is 36.0 Å². The summed E-state index contributed by atoms with van der Waals surface area (Å²) in [7, 11) is 0. The van der Waals surface area contributed by atoms with Crippen LogP contribution in [0.25, 0.3) is 5.65 Å². The van der Waals surface area contributed by atoms with Crippen LogP contribution in [0.2, 0.25) is 0 Å². The summed E-state index contributed by atoms with van der Waals surface area (Å²) < 4.78 is 1.76. The van der Waals surface area contributed by atoms with Gasteiger partial charge in [0.2, 0.25) is 0 Å². The molecule has 116 valence electrons. The Hall–Kier alpha value is -1.67. The number of carboxylic acids is 1. The molecule has 24 heavy (non-hydrogen) atoms. The number of carbonyl (C=O) groups is 2. The Morgan fingerprint density at radius 1 is 1.29 bits per heavy atom. The number of nitrogens with zero attached hydrogens (tertiary/aromatic N) is 3. The molecule has 3 aromatic heterocycles. The summed E-state index contributed by atoms with van der Waals surface area (Å²) in [5.74, 6) is -1.25. The number of hydrogen-bond acceptors (Lipinski definition) is 5. The van der Waals surface area contributed by atoms with E-state index in [0.29, 0.717) is 25.2 Å². The molecular weight excluding hydrogens is 337 g/mol. The number of amides is 1. The van der Waals surface area contributed by atoms with Crippen molar-refractivity contribution in [3.8, 4) is 0 Å². The van der Waals surface area contributed by atoms with E-state index in [0.717, 1.165) is 16.1 Å². The number of imidazole rings is 1. The minimum atomic E-state index is -1.15. The fourth-order valence-electron chi connectivity index (χ4n) is 2.93. The first-order valence-electron chi connectivity index (χ1n) is 7.17. The summed E-state index contributed by atoms with van der Waals surface area (Å²) in [4.78, 5) is 30.7. The maximum Gasteiger partial charge on any atom is 1.00 e. The van der Waals surface area contributed by atoms with E-state index in [9.17, 15) is 14.7 Å². The van der Waals surface area contributed by atoms with Crippen molar-refractivity contribution in [2.24, 2.45) is 0 Å². The summed E-state index contributed by atoms with van der Waals surface area (Å²) in [6.07, 6.45) is 3.92. The molecule has 0 saturated carbocycles. The second kappa shape index (κ2) is 6.68. The van der Waals surface area contributed by atoms with Crippen LogP contribution >= 0.6 is 11.3 Å². The van der Waals surface area contributed by atoms with Gasteiger partial charge < -0.3 is 14.8 Å². The molecule has 0 unspecified atom stereocenters. The Balaban J connectivity index is 0.00000169. The number of carboxylic acid groups (broad SMARTS) is 1. The molecule has 0 aliphatic carbocycles. The van der Waals surface area contributed by atoms with Gasteiger partial charge in [-0.05, 0) is 24.1 Å². The number of carbonyl (C=O) groups excluding carboxylic acids is 2. The molecular formula is C16H12N3NaO3S. The predicted octanol–water partition coefficient (Wildman–Crippen LogP) is -2.04. The predicted molar refractivity (Wildman–Crippen MR) is 82.3 cm³/mol. The first kappa shape index (κ1) is 17.2. The molecule has 0 N–H and O–H groups in total. The molecule has 0 bridgehead atoms. The number of aromatic nitrogens is 2. The molecule has 4 rings (SSSR count). The van der Waals surface area contributed by atoms with Gasteiger partial charge in [0.25, 0.3) is 5.91 Å². The van der Waals surface area contributed by atoms with Crippen molar-refractivity contribution < 1.29 is 44.3 Å². The van der Waals surface area contributed by atoms with Crippen LogP contribution in [0, 0.1) is 0 Å². The summed E-state index contributed by atoms with van der Waals surface area (Å²) in [6, 6.07) is 5.57. The molecule has 0 saturated heterocycles. The summed E-state index contributed by atoms with van der Waals surface area (Å²) in [5, 5.41) is 12.7. The molecule has 0 spiro atoms. The molecule has 6 nitrogen and oxygen atoms in total. The third-order valence-electron chi connectivity index (χ3n) is 4.09. The number of aromatic carboxylic acids is 1. The average Bonchev–Trinajstić information content (AvgIpc) is 3.17. The van der Waals surface area contributed by atoms with Crippen molar-refractivity contribution in [3.05, 3.63) is 57.7 Å². The van der Waals surface area contributed by atoms with Crippen LogP contribution in [0.3, 0.4) is 0 Å². The summed E-state index contributed by atoms with van der Waals surface area (Å²) >= 11 is 1.37. The fraction of sp³-hybridized carbons (Fsp3) is 0.188. The van der Waals surface area contributed by atoms with E-state index in [1.54, 1.807) is 20.9 Å². The fourth-order valence-corrected chi connectivity index (χ4v) is 4.01. The monoisotopic (exact) mass is 349 g/mol. The van der Waals surface area contributed by atoms with E-state index in [-0.39, 0.29) is 41.0 Å². The van der Waals surface area contributed by atoms with Crippen molar-refractivity contribution >= 4 is 28.9 Å². The Labute approximate surface area is 164 Å². The van der Waals surface area contributed by atoms with Crippen molar-refractivity contribution in [2.75, 3.05) is 6.54 Å². The Morgan fingerprint density at radius 3 is 2.92 bits per heavy atom. The second-order valence-electron chi connectivity index (χ2n) is 5.39. The minimum Gasteiger partial charge on any atom is -0.545 e. The number of fused-ring (bicyclic) bond motifs is 2. The number of thiophene rings is 1. The standard InChI is InChI=1S/C16H13N3O3S.Na/c20-15(12-7-17-14-3-1-2-5-19(12)14)18-6-4-10-11(16(21)22)9-23-13(10)8-18;/h1-3,5,7,9H,4,6,8H2,(H,21,22);/q;+1/p-1. The number of rotatable bonds is 2. The first-order chi connectivity index (χ1) is 11.1. The van der Waals surface area contributed by atoms with Crippen molar-refractivity contribution in [1.29, 1.82) is 0 Å². The van der Waals surface area contributed by atoms with Gasteiger partial charge in [-0.1, -0.05) is 6.07 Å². The zero-order valence-corrected chi connectivity index (χ0v) is 15.9. The Morgan fingerprint density at radius 2 is 2.12 bits per heavy atom. The summed E-state index contributed by atoms with van der Waals surface area (Å²) in [6.45, 7) is 0.912. The molecule has 0 aromatic carbocycles. The zero-order valence-electron chi connectivity index (χ0n) is 13.1. The van der Waals surface area contributed by atoms with Gasteiger partial charge in [0.1, 0.15) is 11.3 Å². The van der Waals surface area contributed by atoms with E-state index >= 15 is 0 Å². The van der Waals surface area contributed by atoms with Crippen LogP contribution in [0.5, 0.6) is 0 Å². The van der Waals surface area contributed by atoms with Gasteiger partial charge in [-0.2, -0.15) is 0 Å². The van der Waals surface area contributed by atoms with Crippen LogP contribution in [0.4, 0.5) is 0 Å². The van der Waals surface area contributed by atoms with Gasteiger partial charge in [0, 0.05) is 28.6 Å². The molecule has 4 heterocycles. The normalized spacial score (nSPS) is 13.4. The molecule has 0 fully saturated rings. The van der Waals surface area contributed by atoms with E-state index in [4.69, 9.17) is 0 Å². The SMILES string of the molecule is O=C([O-])c1csc2c1CCN(C(=O)c1cnc3ccccn13)C2.[Na+]. The topological polar surface area (TPSA) is 77.7 Å². The average molecular weight is 349 g/mol. The Kier molecular flexibility index (Phi) is 4.78. The van der Waals surface area contributed by atoms with Gasteiger partial charge in [-0.25, -0.2) is 4.98 Å². The zero-order chi connectivity index (χ0) is 16.0. The van der Waals surface area contributed by atoms with Crippen molar-refractivity contribution in [1.82, 2.24) is 14.3 Å². The van der Waals surface area contributed by atoms with Crippen LogP contribution in [-0.2, 0) is 13.0 Å². The largest absolute Gasteiger partial charge is 1.00 e. The minimum absolute atomic E-state index is 0. The van der Waals surface area contributed by atoms with Gasteiger partial charge >= 0.3 is 29.6 Å². The third-order valence-corrected chi connectivity index (χ3v) is 5.10. The number of pyridine rings is 1. The third kappa shape index (κ3) is 2.77. The van der Waals surface area contributed by atoms with Crippen LogP contribution in [-0.4, -0.2) is 32.7 Å². The molecule has 1 aliphatic rings. The smallest absolute Gasteiger partial charge is 0.545 e. The molecule has 3 aromatic rings. The van der Waals surface area contributed by atoms with Crippen LogP contribution in [0.1, 0.15) is 31.3 Å². The quantitative estimate of drug-likeness (QED) is 0.500. The van der Waals surface area contributed by atoms with Crippen molar-refractivity contribution in [3.63, 3.8) is 0 Å². The summed E-state index contributed by atoms with van der Waals surface area (Å²) in [5.41, 5.74) is 2.30. The van der Waals surface area contributed by atoms with Gasteiger partial charge in [-0.3, -0.25) is 9.20 Å². The second-order valence-corrected chi connectivity index (χ2v) is 6.35. The van der Waals surface area contributed by atoms with Crippen molar-refractivity contribution in [2.45, 2.75) is 13.0 Å². The molecule has 8 heteroatoms. The maximum absolute atomic E-state index is 12.8. The van der Waals surface area contributed by atoms with E-state index < -0.39 is 5.97 Å². The van der Waals surface area contributed by atoms with E-state index in [2.05, 4.69) is 4.98 Å². The molecule has 0 atom stereocenters. The number of hydrogen-bond donors (Lipinski definition) is 0. The molecule has 1 aliphatic heterocycles. The van der Waals surface area contributed by atoms with Gasteiger partial charge in [-0.15, -0.1) is 11.3 Å². The Bertz CT molecular complexity index is 934. The van der Waals surface area contributed by atoms with Gasteiger partial charge in [0.05, 0.1) is 18.7 Å². The van der Waals surface area contributed by atoms with Crippen LogP contribution < -0.4 is 34.7 Å². The molecule has 0 radical (unpaired) electrons. The molecule has 1 amide bonds.